The van der Waals surface area contributed by atoms with Crippen molar-refractivity contribution in [3.8, 4) is 0 Å². The molecular formula is C23H28BrN3O3S2. The fourth-order valence-corrected chi connectivity index (χ4v) is 6.72. The number of hydrogen-bond acceptors (Lipinski definition) is 4. The van der Waals surface area contributed by atoms with Crippen molar-refractivity contribution in [1.29, 1.82) is 0 Å². The summed E-state index contributed by atoms with van der Waals surface area (Å²) >= 11 is 4.96. The molecule has 1 amide bonds. The number of amides is 1. The van der Waals surface area contributed by atoms with E-state index in [0.717, 1.165) is 40.5 Å². The lowest BCUT2D eigenvalue weighted by molar-refractivity contribution is 0.0997. The van der Waals surface area contributed by atoms with E-state index in [4.69, 9.17) is 0 Å². The second kappa shape index (κ2) is 10.9. The van der Waals surface area contributed by atoms with Crippen LogP contribution in [-0.2, 0) is 16.6 Å². The maximum Gasteiger partial charge on any atom is 0.279 e. The van der Waals surface area contributed by atoms with Crippen molar-refractivity contribution in [2.45, 2.75) is 51.5 Å². The summed E-state index contributed by atoms with van der Waals surface area (Å²) < 4.78 is 31.5. The molecule has 0 spiro atoms. The first-order chi connectivity index (χ1) is 15.3. The van der Waals surface area contributed by atoms with Crippen LogP contribution in [0.3, 0.4) is 0 Å². The van der Waals surface area contributed by atoms with E-state index in [-0.39, 0.29) is 10.8 Å². The molecular weight excluding hydrogens is 510 g/mol. The van der Waals surface area contributed by atoms with Crippen molar-refractivity contribution in [3.63, 3.8) is 0 Å². The van der Waals surface area contributed by atoms with E-state index in [2.05, 4.69) is 32.4 Å². The number of rotatable bonds is 9. The third kappa shape index (κ3) is 5.39. The quantitative estimate of drug-likeness (QED) is 0.365. The maximum atomic E-state index is 12.9. The first kappa shape index (κ1) is 24.8. The first-order valence-electron chi connectivity index (χ1n) is 10.8. The fourth-order valence-electron chi connectivity index (χ4n) is 3.49. The molecule has 0 N–H and O–H groups in total. The summed E-state index contributed by atoms with van der Waals surface area (Å²) in [7, 11) is -3.58. The Morgan fingerprint density at radius 1 is 1.03 bits per heavy atom. The van der Waals surface area contributed by atoms with Gasteiger partial charge in [-0.15, -0.1) is 0 Å². The highest BCUT2D eigenvalue weighted by molar-refractivity contribution is 9.10. The second-order valence-electron chi connectivity index (χ2n) is 7.49. The predicted octanol–water partition coefficient (Wildman–Crippen LogP) is 5.43. The minimum Gasteiger partial charge on any atom is -0.316 e. The molecule has 0 aliphatic carbocycles. The average molecular weight is 539 g/mol. The first-order valence-corrected chi connectivity index (χ1v) is 13.8. The van der Waals surface area contributed by atoms with Crippen LogP contribution in [0, 0.1) is 0 Å². The monoisotopic (exact) mass is 537 g/mol. The largest absolute Gasteiger partial charge is 0.316 e. The Labute approximate surface area is 201 Å². The molecule has 3 aromatic rings. The van der Waals surface area contributed by atoms with Crippen LogP contribution in [0.25, 0.3) is 10.2 Å². The summed E-state index contributed by atoms with van der Waals surface area (Å²) in [6.45, 7) is 7.71. The zero-order valence-electron chi connectivity index (χ0n) is 18.5. The van der Waals surface area contributed by atoms with Gasteiger partial charge in [0.15, 0.2) is 4.80 Å². The van der Waals surface area contributed by atoms with Crippen LogP contribution in [0.1, 0.15) is 50.4 Å². The molecule has 0 saturated carbocycles. The number of halogens is 1. The molecule has 9 heteroatoms. The number of hydrogen-bond donors (Lipinski definition) is 0. The molecule has 0 fully saturated rings. The highest BCUT2D eigenvalue weighted by Gasteiger charge is 2.23. The molecule has 1 aromatic heterocycles. The van der Waals surface area contributed by atoms with E-state index in [0.29, 0.717) is 23.5 Å². The number of benzene rings is 2. The average Bonchev–Trinajstić information content (AvgIpc) is 3.09. The molecule has 32 heavy (non-hydrogen) atoms. The van der Waals surface area contributed by atoms with Crippen LogP contribution in [0.4, 0.5) is 0 Å². The number of aromatic nitrogens is 1. The van der Waals surface area contributed by atoms with Crippen molar-refractivity contribution >= 4 is 53.4 Å². The summed E-state index contributed by atoms with van der Waals surface area (Å²) in [6, 6.07) is 12.1. The van der Waals surface area contributed by atoms with Gasteiger partial charge in [0.2, 0.25) is 10.0 Å². The van der Waals surface area contributed by atoms with E-state index in [1.807, 2.05) is 32.0 Å². The zero-order valence-corrected chi connectivity index (χ0v) is 21.8. The van der Waals surface area contributed by atoms with Crippen LogP contribution in [0.15, 0.2) is 56.8 Å². The Balaban J connectivity index is 1.94. The second-order valence-corrected chi connectivity index (χ2v) is 11.4. The van der Waals surface area contributed by atoms with Gasteiger partial charge in [0, 0.05) is 29.7 Å². The number of aryl methyl sites for hydroxylation is 1. The van der Waals surface area contributed by atoms with Gasteiger partial charge >= 0.3 is 0 Å². The Hall–Kier alpha value is -1.81. The van der Waals surface area contributed by atoms with Crippen LogP contribution < -0.4 is 4.80 Å². The Morgan fingerprint density at radius 2 is 1.69 bits per heavy atom. The maximum absolute atomic E-state index is 12.9. The van der Waals surface area contributed by atoms with Gasteiger partial charge in [-0.2, -0.15) is 9.30 Å². The van der Waals surface area contributed by atoms with Gasteiger partial charge in [-0.3, -0.25) is 4.79 Å². The lowest BCUT2D eigenvalue weighted by Gasteiger charge is -2.21. The van der Waals surface area contributed by atoms with Crippen LogP contribution >= 0.6 is 27.3 Å². The van der Waals surface area contributed by atoms with E-state index in [9.17, 15) is 13.2 Å². The molecule has 1 heterocycles. The highest BCUT2D eigenvalue weighted by Crippen LogP contribution is 2.23. The lowest BCUT2D eigenvalue weighted by Crippen LogP contribution is -2.32. The molecule has 0 atom stereocenters. The fraction of sp³-hybridized carbons (Fsp3) is 0.391. The summed E-state index contributed by atoms with van der Waals surface area (Å²) in [5.74, 6) is -0.386. The van der Waals surface area contributed by atoms with E-state index < -0.39 is 10.0 Å². The van der Waals surface area contributed by atoms with Crippen molar-refractivity contribution in [2.24, 2.45) is 4.99 Å². The van der Waals surface area contributed by atoms with E-state index in [1.54, 1.807) is 12.1 Å². The minimum atomic E-state index is -3.58. The summed E-state index contributed by atoms with van der Waals surface area (Å²) in [5, 5.41) is 0. The number of nitrogens with zero attached hydrogens (tertiary/aromatic N) is 3. The number of fused-ring (bicyclic) bond motifs is 1. The van der Waals surface area contributed by atoms with Gasteiger partial charge < -0.3 is 4.57 Å². The topological polar surface area (TPSA) is 71.7 Å². The van der Waals surface area contributed by atoms with Crippen molar-refractivity contribution in [2.75, 3.05) is 13.1 Å². The van der Waals surface area contributed by atoms with Crippen LogP contribution in [0.2, 0.25) is 0 Å². The number of carbonyl (C=O) groups is 1. The Kier molecular flexibility index (Phi) is 8.43. The smallest absolute Gasteiger partial charge is 0.279 e. The van der Waals surface area contributed by atoms with Crippen LogP contribution in [0.5, 0.6) is 0 Å². The van der Waals surface area contributed by atoms with Gasteiger partial charge in [-0.1, -0.05) is 48.0 Å². The normalized spacial score (nSPS) is 12.7. The van der Waals surface area contributed by atoms with Gasteiger partial charge in [0.05, 0.1) is 15.1 Å². The molecule has 6 nitrogen and oxygen atoms in total. The predicted molar refractivity (Wildman–Crippen MR) is 133 cm³/mol. The Morgan fingerprint density at radius 3 is 2.28 bits per heavy atom. The van der Waals surface area contributed by atoms with Crippen molar-refractivity contribution in [3.05, 3.63) is 57.3 Å². The van der Waals surface area contributed by atoms with Gasteiger partial charge in [0.25, 0.3) is 5.91 Å². The van der Waals surface area contributed by atoms with Gasteiger partial charge in [-0.05, 0) is 61.7 Å². The van der Waals surface area contributed by atoms with E-state index in [1.165, 1.54) is 27.8 Å². The van der Waals surface area contributed by atoms with Crippen LogP contribution in [-0.4, -0.2) is 36.3 Å². The molecule has 0 aliphatic rings. The molecule has 2 aromatic carbocycles. The lowest BCUT2D eigenvalue weighted by atomic mass is 10.2. The molecule has 172 valence electrons. The number of carbonyl (C=O) groups excluding carboxylic acids is 1. The third-order valence-corrected chi connectivity index (χ3v) is 8.42. The van der Waals surface area contributed by atoms with Crippen molar-refractivity contribution < 1.29 is 13.2 Å². The SMILES string of the molecule is CCCN(CCC)S(=O)(=O)c1ccc(C(=O)N=c2sc3cc(Br)ccc3n2CCC)cc1. The molecule has 0 radical (unpaired) electrons. The summed E-state index contributed by atoms with van der Waals surface area (Å²) in [4.78, 5) is 18.1. The highest BCUT2D eigenvalue weighted by atomic mass is 79.9. The zero-order chi connectivity index (χ0) is 23.3. The number of sulfonamides is 1. The van der Waals surface area contributed by atoms with Crippen molar-refractivity contribution in [1.82, 2.24) is 8.87 Å². The molecule has 0 saturated heterocycles. The van der Waals surface area contributed by atoms with E-state index >= 15 is 0 Å². The molecule has 3 rings (SSSR count). The number of thiazole rings is 1. The van der Waals surface area contributed by atoms with Gasteiger partial charge in [-0.25, -0.2) is 8.42 Å². The summed E-state index contributed by atoms with van der Waals surface area (Å²) in [6.07, 6.45) is 2.41. The third-order valence-electron chi connectivity index (χ3n) is 4.97. The Bertz CT molecular complexity index is 1260. The summed E-state index contributed by atoms with van der Waals surface area (Å²) in [5.41, 5.74) is 1.41. The standard InChI is InChI=1S/C23H28BrN3O3S2/c1-4-13-26(14-5-2)32(29,30)19-10-7-17(8-11-19)22(28)25-23-27(15-6-3)20-12-9-18(24)16-21(20)31-23/h7-12,16H,4-6,13-15H2,1-3H3. The molecule has 0 unspecified atom stereocenters. The molecule has 0 aliphatic heterocycles. The molecule has 0 bridgehead atoms. The van der Waals surface area contributed by atoms with Gasteiger partial charge in [0.1, 0.15) is 0 Å². The minimum absolute atomic E-state index is 0.198.